The van der Waals surface area contributed by atoms with Gasteiger partial charge in [0.1, 0.15) is 0 Å². The fourth-order valence-corrected chi connectivity index (χ4v) is 2.22. The van der Waals surface area contributed by atoms with Crippen LogP contribution in [-0.4, -0.2) is 50.3 Å². The van der Waals surface area contributed by atoms with Crippen LogP contribution in [0.1, 0.15) is 12.5 Å². The van der Waals surface area contributed by atoms with E-state index in [1.165, 1.54) is 0 Å². The summed E-state index contributed by atoms with van der Waals surface area (Å²) in [5.41, 5.74) is 6.55. The van der Waals surface area contributed by atoms with Gasteiger partial charge in [-0.3, -0.25) is 4.79 Å². The molecule has 0 radical (unpaired) electrons. The van der Waals surface area contributed by atoms with E-state index in [1.807, 2.05) is 12.1 Å². The zero-order valence-electron chi connectivity index (χ0n) is 12.5. The van der Waals surface area contributed by atoms with Gasteiger partial charge in [-0.05, 0) is 24.6 Å². The van der Waals surface area contributed by atoms with E-state index in [4.69, 9.17) is 19.9 Å². The Balaban J connectivity index is 2.04. The van der Waals surface area contributed by atoms with Crippen molar-refractivity contribution < 1.29 is 19.0 Å². The summed E-state index contributed by atoms with van der Waals surface area (Å²) in [7, 11) is 1.57. The lowest BCUT2D eigenvalue weighted by Crippen LogP contribution is -2.46. The lowest BCUT2D eigenvalue weighted by Gasteiger charge is -2.29. The number of hydrogen-bond acceptors (Lipinski definition) is 5. The Kier molecular flexibility index (Phi) is 5.41. The third-order valence-corrected chi connectivity index (χ3v) is 3.44. The number of carbonyl (C=O) groups is 1. The minimum atomic E-state index is -0.569. The van der Waals surface area contributed by atoms with Gasteiger partial charge in [0.15, 0.2) is 17.6 Å². The van der Waals surface area contributed by atoms with Gasteiger partial charge in [-0.1, -0.05) is 6.07 Å². The highest BCUT2D eigenvalue weighted by Crippen LogP contribution is 2.29. The van der Waals surface area contributed by atoms with Crippen molar-refractivity contribution >= 4 is 5.91 Å². The zero-order valence-corrected chi connectivity index (χ0v) is 12.5. The molecule has 1 aliphatic heterocycles. The summed E-state index contributed by atoms with van der Waals surface area (Å²) >= 11 is 0. The van der Waals surface area contributed by atoms with E-state index in [0.29, 0.717) is 44.3 Å². The van der Waals surface area contributed by atoms with Gasteiger partial charge in [0.05, 0.1) is 20.3 Å². The topological polar surface area (TPSA) is 74.0 Å². The van der Waals surface area contributed by atoms with Gasteiger partial charge in [-0.15, -0.1) is 0 Å². The number of nitrogens with two attached hydrogens (primary N) is 1. The molecule has 1 aromatic rings. The summed E-state index contributed by atoms with van der Waals surface area (Å²) in [5, 5.41) is 0. The van der Waals surface area contributed by atoms with Crippen molar-refractivity contribution in [2.45, 2.75) is 19.6 Å². The molecule has 0 aromatic heterocycles. The predicted molar refractivity (Wildman–Crippen MR) is 78.4 cm³/mol. The number of benzene rings is 1. The zero-order chi connectivity index (χ0) is 15.2. The monoisotopic (exact) mass is 294 g/mol. The Morgan fingerprint density at radius 1 is 1.38 bits per heavy atom. The first-order chi connectivity index (χ1) is 10.2. The second kappa shape index (κ2) is 7.28. The molecule has 1 aromatic carbocycles. The van der Waals surface area contributed by atoms with E-state index in [1.54, 1.807) is 25.0 Å². The highest BCUT2D eigenvalue weighted by molar-refractivity contribution is 5.81. The van der Waals surface area contributed by atoms with Crippen LogP contribution in [0.3, 0.4) is 0 Å². The van der Waals surface area contributed by atoms with Crippen molar-refractivity contribution in [3.8, 4) is 11.5 Å². The molecule has 1 saturated heterocycles. The minimum Gasteiger partial charge on any atom is -0.493 e. The second-order valence-corrected chi connectivity index (χ2v) is 4.89. The standard InChI is InChI=1S/C15H22N2O4/c1-11(15(18)17-5-7-20-8-6-17)21-13-4-3-12(10-16)9-14(13)19-2/h3-4,9,11H,5-8,10,16H2,1-2H3. The number of methoxy groups -OCH3 is 1. The molecule has 6 nitrogen and oxygen atoms in total. The maximum atomic E-state index is 12.3. The first kappa shape index (κ1) is 15.6. The maximum absolute atomic E-state index is 12.3. The molecule has 1 fully saturated rings. The average Bonchev–Trinajstić information content (AvgIpc) is 2.55. The Morgan fingerprint density at radius 2 is 2.10 bits per heavy atom. The number of amides is 1. The third kappa shape index (κ3) is 3.86. The number of ether oxygens (including phenoxy) is 3. The Labute approximate surface area is 124 Å². The molecule has 1 atom stereocenters. The number of carbonyl (C=O) groups excluding carboxylic acids is 1. The van der Waals surface area contributed by atoms with E-state index in [0.717, 1.165) is 5.56 Å². The van der Waals surface area contributed by atoms with Crippen LogP contribution in [-0.2, 0) is 16.1 Å². The van der Waals surface area contributed by atoms with Crippen molar-refractivity contribution in [2.24, 2.45) is 5.73 Å². The molecule has 116 valence electrons. The highest BCUT2D eigenvalue weighted by atomic mass is 16.5. The molecule has 1 heterocycles. The lowest BCUT2D eigenvalue weighted by atomic mass is 10.2. The van der Waals surface area contributed by atoms with E-state index < -0.39 is 6.10 Å². The van der Waals surface area contributed by atoms with Crippen molar-refractivity contribution in [3.63, 3.8) is 0 Å². The lowest BCUT2D eigenvalue weighted by molar-refractivity contribution is -0.142. The van der Waals surface area contributed by atoms with Gasteiger partial charge in [0.25, 0.3) is 5.91 Å². The van der Waals surface area contributed by atoms with Crippen LogP contribution in [0.15, 0.2) is 18.2 Å². The summed E-state index contributed by atoms with van der Waals surface area (Å²) in [5.74, 6) is 1.09. The van der Waals surface area contributed by atoms with Crippen molar-refractivity contribution in [1.82, 2.24) is 4.90 Å². The third-order valence-electron chi connectivity index (χ3n) is 3.44. The van der Waals surface area contributed by atoms with Crippen LogP contribution in [0.2, 0.25) is 0 Å². The van der Waals surface area contributed by atoms with Crippen LogP contribution in [0.5, 0.6) is 11.5 Å². The summed E-state index contributed by atoms with van der Waals surface area (Å²) in [6.45, 7) is 4.54. The van der Waals surface area contributed by atoms with Crippen molar-refractivity contribution in [3.05, 3.63) is 23.8 Å². The number of nitrogens with zero attached hydrogens (tertiary/aromatic N) is 1. The fourth-order valence-electron chi connectivity index (χ4n) is 2.22. The largest absolute Gasteiger partial charge is 0.493 e. The molecule has 0 aliphatic carbocycles. The molecule has 0 bridgehead atoms. The van der Waals surface area contributed by atoms with Crippen molar-refractivity contribution in [1.29, 1.82) is 0 Å². The molecule has 1 amide bonds. The molecule has 0 spiro atoms. The summed E-state index contributed by atoms with van der Waals surface area (Å²) in [4.78, 5) is 14.1. The van der Waals surface area contributed by atoms with Gasteiger partial charge >= 0.3 is 0 Å². The molecular weight excluding hydrogens is 272 g/mol. The van der Waals surface area contributed by atoms with Crippen molar-refractivity contribution in [2.75, 3.05) is 33.4 Å². The first-order valence-electron chi connectivity index (χ1n) is 7.06. The van der Waals surface area contributed by atoms with Crippen LogP contribution < -0.4 is 15.2 Å². The van der Waals surface area contributed by atoms with E-state index in [9.17, 15) is 4.79 Å². The summed E-state index contributed by atoms with van der Waals surface area (Å²) in [6.07, 6.45) is -0.569. The predicted octanol–water partition coefficient (Wildman–Crippen LogP) is 0.780. The number of hydrogen-bond donors (Lipinski definition) is 1. The molecule has 21 heavy (non-hydrogen) atoms. The fraction of sp³-hybridized carbons (Fsp3) is 0.533. The van der Waals surface area contributed by atoms with Crippen LogP contribution in [0.4, 0.5) is 0 Å². The van der Waals surface area contributed by atoms with E-state index in [2.05, 4.69) is 0 Å². The van der Waals surface area contributed by atoms with Gasteiger partial charge in [0.2, 0.25) is 0 Å². The maximum Gasteiger partial charge on any atom is 0.263 e. The quantitative estimate of drug-likeness (QED) is 0.868. The Bertz CT molecular complexity index is 487. The molecule has 2 N–H and O–H groups in total. The molecule has 6 heteroatoms. The van der Waals surface area contributed by atoms with Gasteiger partial charge in [-0.25, -0.2) is 0 Å². The molecule has 0 saturated carbocycles. The number of rotatable bonds is 5. The van der Waals surface area contributed by atoms with Crippen LogP contribution in [0, 0.1) is 0 Å². The minimum absolute atomic E-state index is 0.0387. The second-order valence-electron chi connectivity index (χ2n) is 4.89. The summed E-state index contributed by atoms with van der Waals surface area (Å²) in [6, 6.07) is 5.47. The van der Waals surface area contributed by atoms with E-state index >= 15 is 0 Å². The Hall–Kier alpha value is -1.79. The summed E-state index contributed by atoms with van der Waals surface area (Å²) < 4.78 is 16.3. The SMILES string of the molecule is COc1cc(CN)ccc1OC(C)C(=O)N1CCOCC1. The normalized spacial score (nSPS) is 16.4. The van der Waals surface area contributed by atoms with Gasteiger partial charge in [-0.2, -0.15) is 0 Å². The highest BCUT2D eigenvalue weighted by Gasteiger charge is 2.24. The smallest absolute Gasteiger partial charge is 0.263 e. The van der Waals surface area contributed by atoms with Crippen LogP contribution >= 0.6 is 0 Å². The van der Waals surface area contributed by atoms with E-state index in [-0.39, 0.29) is 5.91 Å². The van der Waals surface area contributed by atoms with Gasteiger partial charge < -0.3 is 24.8 Å². The molecule has 2 rings (SSSR count). The molecule has 1 unspecified atom stereocenters. The molecule has 1 aliphatic rings. The first-order valence-corrected chi connectivity index (χ1v) is 7.06. The number of morpholine rings is 1. The molecular formula is C15H22N2O4. The van der Waals surface area contributed by atoms with Gasteiger partial charge in [0, 0.05) is 19.6 Å². The average molecular weight is 294 g/mol. The Morgan fingerprint density at radius 3 is 2.71 bits per heavy atom. The van der Waals surface area contributed by atoms with Crippen LogP contribution in [0.25, 0.3) is 0 Å².